The van der Waals surface area contributed by atoms with Gasteiger partial charge in [-0.05, 0) is 29.9 Å². The number of aliphatic carboxylic acids is 1. The van der Waals surface area contributed by atoms with Crippen molar-refractivity contribution in [3.8, 4) is 0 Å². The second-order valence-corrected chi connectivity index (χ2v) is 11.7. The smallest absolute Gasteiger partial charge is 0.317 e. The van der Waals surface area contributed by atoms with Gasteiger partial charge in [-0.1, -0.05) is 64.7 Å². The van der Waals surface area contributed by atoms with Crippen molar-refractivity contribution in [1.82, 2.24) is 0 Å². The first kappa shape index (κ1) is 23.1. The highest BCUT2D eigenvalue weighted by Gasteiger charge is 2.21. The Morgan fingerprint density at radius 1 is 0.957 bits per heavy atom. The molecule has 4 nitrogen and oxygen atoms in total. The monoisotopic (exact) mass is 384 g/mol. The average molecular weight is 385 g/mol. The molecular formula is C16H32O4S3. The third-order valence-corrected chi connectivity index (χ3v) is 9.30. The Hall–Kier alpha value is 0.120. The molecular weight excluding hydrogens is 352 g/mol. The number of carboxylic acids is 1. The highest BCUT2D eigenvalue weighted by Crippen LogP contribution is 2.24. The molecule has 0 aliphatic carbocycles. The van der Waals surface area contributed by atoms with E-state index in [0.717, 1.165) is 18.6 Å². The fraction of sp³-hybridized carbons (Fsp3) is 0.938. The maximum absolute atomic E-state index is 11.7. The van der Waals surface area contributed by atoms with Crippen LogP contribution in [-0.2, 0) is 13.7 Å². The van der Waals surface area contributed by atoms with E-state index >= 15 is 0 Å². The second kappa shape index (κ2) is 14.5. The van der Waals surface area contributed by atoms with E-state index in [4.69, 9.17) is 5.11 Å². The molecule has 0 aromatic rings. The molecule has 0 aromatic carbocycles. The summed E-state index contributed by atoms with van der Waals surface area (Å²) in [4.78, 5) is 10.7. The molecule has 0 heterocycles. The third kappa shape index (κ3) is 15.4. The van der Waals surface area contributed by atoms with Crippen LogP contribution in [0, 0.1) is 0 Å². The third-order valence-electron chi connectivity index (χ3n) is 3.51. The van der Waals surface area contributed by atoms with E-state index < -0.39 is 20.1 Å². The number of hydrogen-bond donors (Lipinski definition) is 1. The minimum Gasteiger partial charge on any atom is -0.480 e. The van der Waals surface area contributed by atoms with Gasteiger partial charge in [0.05, 0.1) is 0 Å². The Balaban J connectivity index is 3.43. The number of unbranched alkanes of at least 4 members (excludes halogenated alkanes) is 9. The summed E-state index contributed by atoms with van der Waals surface area (Å²) in [5.41, 5.74) is 0. The van der Waals surface area contributed by atoms with Crippen LogP contribution in [0.1, 0.15) is 78.1 Å². The lowest BCUT2D eigenvalue weighted by atomic mass is 10.1. The zero-order chi connectivity index (χ0) is 17.6. The molecule has 0 amide bonds. The van der Waals surface area contributed by atoms with Crippen LogP contribution < -0.4 is 0 Å². The molecule has 0 rings (SSSR count). The molecule has 1 unspecified atom stereocenters. The lowest BCUT2D eigenvalue weighted by Gasteiger charge is -2.07. The van der Waals surface area contributed by atoms with E-state index in [1.54, 1.807) is 0 Å². The van der Waals surface area contributed by atoms with Gasteiger partial charge in [-0.25, -0.2) is 8.42 Å². The predicted octanol–water partition coefficient (Wildman–Crippen LogP) is 5.13. The van der Waals surface area contributed by atoms with Gasteiger partial charge < -0.3 is 5.11 Å². The van der Waals surface area contributed by atoms with Crippen molar-refractivity contribution in [1.29, 1.82) is 0 Å². The van der Waals surface area contributed by atoms with Crippen molar-refractivity contribution in [2.75, 3.05) is 10.8 Å². The van der Waals surface area contributed by atoms with Crippen LogP contribution in [0.5, 0.6) is 0 Å². The van der Waals surface area contributed by atoms with Crippen molar-refractivity contribution in [3.63, 3.8) is 0 Å². The fourth-order valence-corrected chi connectivity index (χ4v) is 7.26. The van der Waals surface area contributed by atoms with E-state index in [1.807, 2.05) is 0 Å². The summed E-state index contributed by atoms with van der Waals surface area (Å²) in [6.45, 7) is 3.63. The van der Waals surface area contributed by atoms with Gasteiger partial charge >= 0.3 is 5.97 Å². The molecule has 0 fully saturated rings. The minimum absolute atomic E-state index is 0.00666. The van der Waals surface area contributed by atoms with E-state index in [1.165, 1.54) is 70.1 Å². The molecule has 0 spiro atoms. The molecule has 0 aromatic heterocycles. The van der Waals surface area contributed by atoms with Crippen LogP contribution >= 0.6 is 22.6 Å². The van der Waals surface area contributed by atoms with E-state index in [9.17, 15) is 13.2 Å². The van der Waals surface area contributed by atoms with Gasteiger partial charge in [-0.3, -0.25) is 4.79 Å². The topological polar surface area (TPSA) is 71.4 Å². The normalized spacial score (nSPS) is 13.1. The number of hydrogen-bond acceptors (Lipinski definition) is 5. The van der Waals surface area contributed by atoms with E-state index in [2.05, 4.69) is 6.92 Å². The first-order chi connectivity index (χ1) is 10.9. The van der Waals surface area contributed by atoms with Crippen LogP contribution in [0.25, 0.3) is 0 Å². The average Bonchev–Trinajstić information content (AvgIpc) is 2.47. The van der Waals surface area contributed by atoms with Crippen LogP contribution in [0.2, 0.25) is 0 Å². The Kier molecular flexibility index (Phi) is 14.5. The Morgan fingerprint density at radius 3 is 1.91 bits per heavy atom. The highest BCUT2D eigenvalue weighted by molar-refractivity contribution is 8.73. The molecule has 23 heavy (non-hydrogen) atoms. The Bertz CT molecular complexity index is 396. The quantitative estimate of drug-likeness (QED) is 0.294. The summed E-state index contributed by atoms with van der Waals surface area (Å²) in [5, 5.41) is 7.83. The first-order valence-electron chi connectivity index (χ1n) is 8.60. The SMILES string of the molecule is CCCCCCCCCCCCSCS(=O)(=O)SC(C)C(=O)O. The Morgan fingerprint density at radius 2 is 1.43 bits per heavy atom. The largest absolute Gasteiger partial charge is 0.480 e. The summed E-state index contributed by atoms with van der Waals surface area (Å²) in [6, 6.07) is 0. The minimum atomic E-state index is -3.34. The summed E-state index contributed by atoms with van der Waals surface area (Å²) in [6.07, 6.45) is 12.7. The number of carboxylic acid groups (broad SMARTS) is 1. The second-order valence-electron chi connectivity index (χ2n) is 5.84. The van der Waals surface area contributed by atoms with Gasteiger partial charge in [0.2, 0.25) is 8.87 Å². The van der Waals surface area contributed by atoms with Crippen molar-refractivity contribution in [3.05, 3.63) is 0 Å². The molecule has 7 heteroatoms. The van der Waals surface area contributed by atoms with Crippen molar-refractivity contribution >= 4 is 37.4 Å². The fourth-order valence-electron chi connectivity index (χ4n) is 2.14. The van der Waals surface area contributed by atoms with Crippen LogP contribution in [0.3, 0.4) is 0 Å². The lowest BCUT2D eigenvalue weighted by molar-refractivity contribution is -0.136. The van der Waals surface area contributed by atoms with Gasteiger partial charge in [0.1, 0.15) is 10.3 Å². The van der Waals surface area contributed by atoms with E-state index in [0.29, 0.717) is 10.8 Å². The van der Waals surface area contributed by atoms with Crippen LogP contribution in [0.15, 0.2) is 0 Å². The van der Waals surface area contributed by atoms with E-state index in [-0.39, 0.29) is 5.08 Å². The zero-order valence-corrected chi connectivity index (χ0v) is 16.9. The maximum Gasteiger partial charge on any atom is 0.317 e. The molecule has 1 atom stereocenters. The molecule has 0 saturated carbocycles. The number of carbonyl (C=O) groups is 1. The van der Waals surface area contributed by atoms with Gasteiger partial charge in [-0.2, -0.15) is 0 Å². The summed E-state index contributed by atoms with van der Waals surface area (Å²) in [5.74, 6) is -0.254. The Labute approximate surface area is 149 Å². The molecule has 138 valence electrons. The predicted molar refractivity (Wildman–Crippen MR) is 103 cm³/mol. The molecule has 0 saturated heterocycles. The molecule has 0 bridgehead atoms. The number of thioether (sulfide) groups is 1. The van der Waals surface area contributed by atoms with Crippen molar-refractivity contribution < 1.29 is 18.3 Å². The van der Waals surface area contributed by atoms with Gasteiger partial charge in [0.15, 0.2) is 0 Å². The van der Waals surface area contributed by atoms with Crippen LogP contribution in [0.4, 0.5) is 0 Å². The summed E-state index contributed by atoms with van der Waals surface area (Å²) >= 11 is 1.39. The van der Waals surface area contributed by atoms with Crippen LogP contribution in [-0.4, -0.2) is 35.6 Å². The summed E-state index contributed by atoms with van der Waals surface area (Å²) < 4.78 is 23.4. The van der Waals surface area contributed by atoms with Gasteiger partial charge in [0, 0.05) is 0 Å². The van der Waals surface area contributed by atoms with Crippen molar-refractivity contribution in [2.45, 2.75) is 83.3 Å². The molecule has 0 radical (unpaired) electrons. The molecule has 0 aliphatic heterocycles. The first-order valence-corrected chi connectivity index (χ1v) is 12.8. The maximum atomic E-state index is 11.7. The molecule has 0 aliphatic rings. The van der Waals surface area contributed by atoms with Gasteiger partial charge in [-0.15, -0.1) is 11.8 Å². The lowest BCUT2D eigenvalue weighted by Crippen LogP contribution is -2.15. The zero-order valence-electron chi connectivity index (χ0n) is 14.5. The highest BCUT2D eigenvalue weighted by atomic mass is 33.1. The number of rotatable bonds is 16. The van der Waals surface area contributed by atoms with Gasteiger partial charge in [0.25, 0.3) is 0 Å². The summed E-state index contributed by atoms with van der Waals surface area (Å²) in [7, 11) is -2.79. The van der Waals surface area contributed by atoms with Crippen molar-refractivity contribution in [2.24, 2.45) is 0 Å². The molecule has 1 N–H and O–H groups in total. The standard InChI is InChI=1S/C16H32O4S3/c1-3-4-5-6-7-8-9-10-11-12-13-21-14-23(19,20)22-15(2)16(17)18/h15H,3-14H2,1-2H3,(H,17,18).